The Morgan fingerprint density at radius 1 is 1.69 bits per heavy atom. The molecule has 13 heavy (non-hydrogen) atoms. The minimum Gasteiger partial charge on any atom is -0.310 e. The van der Waals surface area contributed by atoms with E-state index in [1.165, 1.54) is 12.8 Å². The van der Waals surface area contributed by atoms with Crippen LogP contribution in [-0.4, -0.2) is 27.7 Å². The summed E-state index contributed by atoms with van der Waals surface area (Å²) in [6, 6.07) is 2.01. The molecule has 1 aromatic rings. The van der Waals surface area contributed by atoms with Crippen molar-refractivity contribution in [2.24, 2.45) is 0 Å². The molecule has 0 spiro atoms. The first-order valence-corrected chi connectivity index (χ1v) is 5.81. The lowest BCUT2D eigenvalue weighted by molar-refractivity contribution is 0.651. The van der Waals surface area contributed by atoms with Crippen molar-refractivity contribution in [2.75, 3.05) is 12.8 Å². The van der Waals surface area contributed by atoms with Crippen LogP contribution in [0, 0.1) is 0 Å². The van der Waals surface area contributed by atoms with E-state index < -0.39 is 0 Å². The molecule has 0 aliphatic heterocycles. The number of aromatic nitrogens is 2. The van der Waals surface area contributed by atoms with E-state index in [1.807, 2.05) is 17.8 Å². The second kappa shape index (κ2) is 3.72. The molecule has 2 rings (SSSR count). The van der Waals surface area contributed by atoms with E-state index in [-0.39, 0.29) is 0 Å². The molecule has 2 N–H and O–H groups in total. The minimum absolute atomic E-state index is 0.556. The van der Waals surface area contributed by atoms with Crippen molar-refractivity contribution >= 4 is 11.8 Å². The van der Waals surface area contributed by atoms with Crippen LogP contribution in [0.15, 0.2) is 12.3 Å². The Balaban J connectivity index is 1.70. The van der Waals surface area contributed by atoms with E-state index >= 15 is 0 Å². The summed E-state index contributed by atoms with van der Waals surface area (Å²) in [4.78, 5) is 0. The number of nitrogens with one attached hydrogen (secondary N) is 2. The largest absolute Gasteiger partial charge is 0.310 e. The highest BCUT2D eigenvalue weighted by Gasteiger charge is 2.41. The summed E-state index contributed by atoms with van der Waals surface area (Å²) < 4.78 is 0.556. The average Bonchev–Trinajstić information content (AvgIpc) is 2.74. The zero-order chi connectivity index (χ0) is 9.15. The van der Waals surface area contributed by atoms with Crippen molar-refractivity contribution in [3.63, 3.8) is 0 Å². The summed E-state index contributed by atoms with van der Waals surface area (Å²) in [6.45, 7) is 2.02. The molecule has 0 unspecified atom stereocenters. The lowest BCUT2D eigenvalue weighted by Crippen LogP contribution is -2.25. The molecular weight excluding hydrogens is 182 g/mol. The van der Waals surface area contributed by atoms with Gasteiger partial charge in [0.2, 0.25) is 0 Å². The third-order valence-electron chi connectivity index (χ3n) is 2.56. The van der Waals surface area contributed by atoms with Crippen molar-refractivity contribution < 1.29 is 0 Å². The number of rotatable bonds is 5. The van der Waals surface area contributed by atoms with Gasteiger partial charge in [0, 0.05) is 29.7 Å². The van der Waals surface area contributed by atoms with E-state index in [0.29, 0.717) is 4.75 Å². The first-order chi connectivity index (χ1) is 6.35. The minimum atomic E-state index is 0.556. The van der Waals surface area contributed by atoms with Gasteiger partial charge in [-0.3, -0.25) is 5.10 Å². The summed E-state index contributed by atoms with van der Waals surface area (Å²) in [6.07, 6.45) is 6.72. The Morgan fingerprint density at radius 2 is 2.54 bits per heavy atom. The van der Waals surface area contributed by atoms with Crippen molar-refractivity contribution in [1.29, 1.82) is 0 Å². The van der Waals surface area contributed by atoms with Gasteiger partial charge in [-0.15, -0.1) is 0 Å². The summed E-state index contributed by atoms with van der Waals surface area (Å²) in [7, 11) is 0. The number of hydrogen-bond acceptors (Lipinski definition) is 3. The Labute approximate surface area is 82.7 Å². The molecule has 0 saturated heterocycles. The molecule has 0 bridgehead atoms. The third-order valence-corrected chi connectivity index (χ3v) is 3.98. The SMILES string of the molecule is CSC1(CNCc2ccn[nH]2)CC1. The number of H-pyrrole nitrogens is 1. The molecule has 72 valence electrons. The smallest absolute Gasteiger partial charge is 0.0490 e. The quantitative estimate of drug-likeness (QED) is 0.749. The highest BCUT2D eigenvalue weighted by atomic mass is 32.2. The van der Waals surface area contributed by atoms with Crippen LogP contribution in [0.3, 0.4) is 0 Å². The third kappa shape index (κ3) is 2.25. The van der Waals surface area contributed by atoms with Crippen molar-refractivity contribution in [1.82, 2.24) is 15.5 Å². The van der Waals surface area contributed by atoms with Gasteiger partial charge in [-0.1, -0.05) is 0 Å². The number of hydrogen-bond donors (Lipinski definition) is 2. The van der Waals surface area contributed by atoms with E-state index in [1.54, 1.807) is 6.20 Å². The fourth-order valence-corrected chi connectivity index (χ4v) is 2.16. The van der Waals surface area contributed by atoms with Crippen LogP contribution >= 0.6 is 11.8 Å². The molecule has 1 aliphatic carbocycles. The molecule has 1 aromatic heterocycles. The molecule has 0 amide bonds. The van der Waals surface area contributed by atoms with E-state index in [4.69, 9.17) is 0 Å². The molecule has 1 fully saturated rings. The van der Waals surface area contributed by atoms with E-state index in [9.17, 15) is 0 Å². The van der Waals surface area contributed by atoms with E-state index in [0.717, 1.165) is 18.8 Å². The molecule has 1 saturated carbocycles. The summed E-state index contributed by atoms with van der Waals surface area (Å²) >= 11 is 1.99. The molecule has 3 nitrogen and oxygen atoms in total. The fourth-order valence-electron chi connectivity index (χ4n) is 1.40. The second-order valence-corrected chi connectivity index (χ2v) is 4.85. The Morgan fingerprint density at radius 3 is 3.08 bits per heavy atom. The van der Waals surface area contributed by atoms with Crippen molar-refractivity contribution in [3.8, 4) is 0 Å². The van der Waals surface area contributed by atoms with Gasteiger partial charge in [0.25, 0.3) is 0 Å². The molecule has 0 aromatic carbocycles. The van der Waals surface area contributed by atoms with Crippen LogP contribution in [0.2, 0.25) is 0 Å². The fraction of sp³-hybridized carbons (Fsp3) is 0.667. The zero-order valence-electron chi connectivity index (χ0n) is 7.84. The maximum absolute atomic E-state index is 3.90. The summed E-state index contributed by atoms with van der Waals surface area (Å²) in [5.74, 6) is 0. The van der Waals surface area contributed by atoms with Crippen molar-refractivity contribution in [2.45, 2.75) is 24.1 Å². The molecule has 0 atom stereocenters. The highest BCUT2D eigenvalue weighted by molar-refractivity contribution is 8.00. The first-order valence-electron chi connectivity index (χ1n) is 4.59. The summed E-state index contributed by atoms with van der Waals surface area (Å²) in [5.41, 5.74) is 1.16. The van der Waals surface area contributed by atoms with Crippen molar-refractivity contribution in [3.05, 3.63) is 18.0 Å². The molecule has 4 heteroatoms. The van der Waals surface area contributed by atoms with Gasteiger partial charge in [0.15, 0.2) is 0 Å². The zero-order valence-corrected chi connectivity index (χ0v) is 8.66. The van der Waals surface area contributed by atoms with Gasteiger partial charge in [-0.05, 0) is 25.2 Å². The second-order valence-electron chi connectivity index (χ2n) is 3.57. The molecule has 0 radical (unpaired) electrons. The van der Waals surface area contributed by atoms with Gasteiger partial charge in [-0.25, -0.2) is 0 Å². The Kier molecular flexibility index (Phi) is 2.60. The summed E-state index contributed by atoms with van der Waals surface area (Å²) in [5, 5.41) is 10.3. The Hall–Kier alpha value is -0.480. The van der Waals surface area contributed by atoms with Gasteiger partial charge in [0.1, 0.15) is 0 Å². The van der Waals surface area contributed by atoms with Crippen LogP contribution in [0.4, 0.5) is 0 Å². The van der Waals surface area contributed by atoms with Crippen LogP contribution in [0.5, 0.6) is 0 Å². The van der Waals surface area contributed by atoms with Crippen LogP contribution in [0.25, 0.3) is 0 Å². The number of thioether (sulfide) groups is 1. The van der Waals surface area contributed by atoms with Gasteiger partial charge in [0.05, 0.1) is 0 Å². The number of aromatic amines is 1. The van der Waals surface area contributed by atoms with Crippen LogP contribution in [-0.2, 0) is 6.54 Å². The molecular formula is C9H15N3S. The predicted molar refractivity (Wildman–Crippen MR) is 55.8 cm³/mol. The average molecular weight is 197 g/mol. The monoisotopic (exact) mass is 197 g/mol. The number of nitrogens with zero attached hydrogens (tertiary/aromatic N) is 1. The lowest BCUT2D eigenvalue weighted by Gasteiger charge is -2.11. The normalized spacial score (nSPS) is 18.8. The first kappa shape index (κ1) is 9.09. The van der Waals surface area contributed by atoms with E-state index in [2.05, 4.69) is 21.8 Å². The van der Waals surface area contributed by atoms with Gasteiger partial charge >= 0.3 is 0 Å². The maximum atomic E-state index is 3.90. The lowest BCUT2D eigenvalue weighted by atomic mass is 10.4. The molecule has 1 aliphatic rings. The van der Waals surface area contributed by atoms with Crippen LogP contribution < -0.4 is 5.32 Å². The standard InChI is InChI=1S/C9H15N3S/c1-13-9(3-4-9)7-10-6-8-2-5-11-12-8/h2,5,10H,3-4,6-7H2,1H3,(H,11,12). The predicted octanol–water partition coefficient (Wildman–Crippen LogP) is 1.39. The van der Waals surface area contributed by atoms with Crippen LogP contribution in [0.1, 0.15) is 18.5 Å². The topological polar surface area (TPSA) is 40.7 Å². The maximum Gasteiger partial charge on any atom is 0.0490 e. The van der Waals surface area contributed by atoms with Gasteiger partial charge in [-0.2, -0.15) is 16.9 Å². The highest BCUT2D eigenvalue weighted by Crippen LogP contribution is 2.46. The van der Waals surface area contributed by atoms with Gasteiger partial charge < -0.3 is 5.32 Å². The Bertz CT molecular complexity index is 254. The molecule has 1 heterocycles.